The van der Waals surface area contributed by atoms with Gasteiger partial charge in [0.25, 0.3) is 0 Å². The molecule has 6 nitrogen and oxygen atoms in total. The van der Waals surface area contributed by atoms with Crippen molar-refractivity contribution in [3.63, 3.8) is 0 Å². The first kappa shape index (κ1) is 18.6. The average molecular weight is 413 g/mol. The van der Waals surface area contributed by atoms with Crippen LogP contribution in [0.5, 0.6) is 0 Å². The molecule has 0 aliphatic heterocycles. The second-order valence-corrected chi connectivity index (χ2v) is 8.05. The number of hydrogen-bond donors (Lipinski definition) is 2. The minimum absolute atomic E-state index is 0.312. The number of esters is 1. The highest BCUT2D eigenvalue weighted by molar-refractivity contribution is 7.80. The first-order valence-electron chi connectivity index (χ1n) is 9.01. The van der Waals surface area contributed by atoms with Gasteiger partial charge in [-0.15, -0.1) is 11.3 Å². The van der Waals surface area contributed by atoms with Crippen LogP contribution in [0.15, 0.2) is 42.7 Å². The summed E-state index contributed by atoms with van der Waals surface area (Å²) in [6.45, 7) is 0.721. The fraction of sp³-hybridized carbons (Fsp3) is 0.250. The lowest BCUT2D eigenvalue weighted by Gasteiger charge is -2.12. The highest BCUT2D eigenvalue weighted by atomic mass is 32.1. The molecule has 1 aromatic carbocycles. The van der Waals surface area contributed by atoms with Gasteiger partial charge in [-0.3, -0.25) is 4.68 Å². The number of carbonyl (C=O) groups excluding carboxylic acids is 1. The predicted molar refractivity (Wildman–Crippen MR) is 115 cm³/mol. The number of rotatable bonds is 5. The van der Waals surface area contributed by atoms with Crippen molar-refractivity contribution in [2.45, 2.75) is 25.8 Å². The Morgan fingerprint density at radius 1 is 1.29 bits per heavy atom. The maximum Gasteiger partial charge on any atom is 0.341 e. The highest BCUT2D eigenvalue weighted by Crippen LogP contribution is 2.39. The zero-order chi connectivity index (χ0) is 19.5. The summed E-state index contributed by atoms with van der Waals surface area (Å²) in [7, 11) is 1.41. The molecule has 28 heavy (non-hydrogen) atoms. The van der Waals surface area contributed by atoms with Gasteiger partial charge >= 0.3 is 5.97 Å². The summed E-state index contributed by atoms with van der Waals surface area (Å²) in [5, 5.41) is 11.8. The molecule has 0 radical (unpaired) electrons. The molecule has 2 N–H and O–H groups in total. The molecule has 0 spiro atoms. The third-order valence-electron chi connectivity index (χ3n) is 4.65. The molecule has 0 fully saturated rings. The van der Waals surface area contributed by atoms with Crippen LogP contribution in [0.4, 0.5) is 10.7 Å². The molecule has 1 aliphatic carbocycles. The monoisotopic (exact) mass is 412 g/mol. The Bertz CT molecular complexity index is 994. The molecular weight excluding hydrogens is 392 g/mol. The van der Waals surface area contributed by atoms with E-state index in [0.717, 1.165) is 47.6 Å². The maximum atomic E-state index is 12.2. The van der Waals surface area contributed by atoms with Crippen molar-refractivity contribution >= 4 is 45.3 Å². The molecule has 0 saturated carbocycles. The first-order valence-corrected chi connectivity index (χ1v) is 10.2. The third kappa shape index (κ3) is 3.93. The second kappa shape index (κ2) is 8.12. The van der Waals surface area contributed by atoms with E-state index >= 15 is 0 Å². The molecule has 0 bridgehead atoms. The topological polar surface area (TPSA) is 68.2 Å². The van der Waals surface area contributed by atoms with Gasteiger partial charge in [0.15, 0.2) is 5.11 Å². The number of anilines is 2. The van der Waals surface area contributed by atoms with Crippen molar-refractivity contribution < 1.29 is 9.53 Å². The number of fused-ring (bicyclic) bond motifs is 1. The molecule has 0 saturated heterocycles. The second-order valence-electron chi connectivity index (χ2n) is 6.53. The Kier molecular flexibility index (Phi) is 5.40. The van der Waals surface area contributed by atoms with Crippen molar-refractivity contribution in [3.05, 3.63) is 64.3 Å². The Labute approximate surface area is 172 Å². The average Bonchev–Trinajstić information content (AvgIpc) is 3.40. The molecule has 0 unspecified atom stereocenters. The quantitative estimate of drug-likeness (QED) is 0.486. The van der Waals surface area contributed by atoms with E-state index in [1.807, 2.05) is 41.2 Å². The molecule has 1 aliphatic rings. The zero-order valence-electron chi connectivity index (χ0n) is 15.4. The van der Waals surface area contributed by atoms with Crippen LogP contribution in [0.2, 0.25) is 0 Å². The van der Waals surface area contributed by atoms with Gasteiger partial charge in [0.2, 0.25) is 0 Å². The van der Waals surface area contributed by atoms with Gasteiger partial charge in [-0.05, 0) is 60.8 Å². The Hall–Kier alpha value is -2.71. The number of ether oxygens (including phenoxy) is 1. The van der Waals surface area contributed by atoms with Crippen LogP contribution in [-0.2, 0) is 24.1 Å². The lowest BCUT2D eigenvalue weighted by Crippen LogP contribution is -2.20. The highest BCUT2D eigenvalue weighted by Gasteiger charge is 2.27. The van der Waals surface area contributed by atoms with Crippen molar-refractivity contribution in [3.8, 4) is 0 Å². The molecule has 144 valence electrons. The summed E-state index contributed by atoms with van der Waals surface area (Å²) in [5.74, 6) is -0.312. The van der Waals surface area contributed by atoms with Crippen LogP contribution < -0.4 is 10.6 Å². The van der Waals surface area contributed by atoms with Crippen LogP contribution in [0.25, 0.3) is 0 Å². The molecule has 8 heteroatoms. The standard InChI is InChI=1S/C20H20N4O2S2/c1-26-19(25)17-15-4-2-5-16(15)28-18(17)23-20(27)22-14-8-6-13(7-9-14)12-24-11-3-10-21-24/h3,6-11H,2,4-5,12H2,1H3,(H2,22,23,27). The van der Waals surface area contributed by atoms with Gasteiger partial charge in [0, 0.05) is 23.0 Å². The SMILES string of the molecule is COC(=O)c1c(NC(=S)Nc2ccc(Cn3cccn3)cc2)sc2c1CCC2. The van der Waals surface area contributed by atoms with Gasteiger partial charge in [-0.1, -0.05) is 12.1 Å². The molecule has 4 rings (SSSR count). The number of nitrogens with one attached hydrogen (secondary N) is 2. The van der Waals surface area contributed by atoms with Crippen LogP contribution in [0.1, 0.15) is 32.8 Å². The fourth-order valence-corrected chi connectivity index (χ4v) is 4.92. The minimum Gasteiger partial charge on any atom is -0.465 e. The number of carbonyl (C=O) groups is 1. The molecule has 0 amide bonds. The minimum atomic E-state index is -0.312. The van der Waals surface area contributed by atoms with Crippen molar-refractivity contribution in [1.82, 2.24) is 9.78 Å². The van der Waals surface area contributed by atoms with E-state index in [1.54, 1.807) is 17.5 Å². The van der Waals surface area contributed by atoms with Gasteiger partial charge in [0.1, 0.15) is 5.00 Å². The molecule has 2 aromatic heterocycles. The van der Waals surface area contributed by atoms with Crippen LogP contribution in [0.3, 0.4) is 0 Å². The largest absolute Gasteiger partial charge is 0.465 e. The van der Waals surface area contributed by atoms with Gasteiger partial charge in [0.05, 0.1) is 19.2 Å². The van der Waals surface area contributed by atoms with E-state index < -0.39 is 0 Å². The van der Waals surface area contributed by atoms with Crippen molar-refractivity contribution in [1.29, 1.82) is 0 Å². The van der Waals surface area contributed by atoms with E-state index in [1.165, 1.54) is 12.0 Å². The molecular formula is C20H20N4O2S2. The van der Waals surface area contributed by atoms with Gasteiger partial charge < -0.3 is 15.4 Å². The summed E-state index contributed by atoms with van der Waals surface area (Å²) >= 11 is 7.04. The van der Waals surface area contributed by atoms with Crippen molar-refractivity contribution in [2.24, 2.45) is 0 Å². The zero-order valence-corrected chi connectivity index (χ0v) is 17.0. The summed E-state index contributed by atoms with van der Waals surface area (Å²) in [4.78, 5) is 13.5. The number of benzene rings is 1. The predicted octanol–water partition coefficient (Wildman–Crippen LogP) is 4.08. The van der Waals surface area contributed by atoms with E-state index in [0.29, 0.717) is 10.7 Å². The molecule has 0 atom stereocenters. The van der Waals surface area contributed by atoms with E-state index in [9.17, 15) is 4.79 Å². The number of hydrogen-bond acceptors (Lipinski definition) is 5. The van der Waals surface area contributed by atoms with Crippen LogP contribution >= 0.6 is 23.6 Å². The number of aromatic nitrogens is 2. The summed E-state index contributed by atoms with van der Waals surface area (Å²) in [5.41, 5.74) is 3.75. The fourth-order valence-electron chi connectivity index (χ4n) is 3.35. The number of methoxy groups -OCH3 is 1. The maximum absolute atomic E-state index is 12.2. The number of nitrogens with zero attached hydrogens (tertiary/aromatic N) is 2. The summed E-state index contributed by atoms with van der Waals surface area (Å²) in [6, 6.07) is 9.92. The smallest absolute Gasteiger partial charge is 0.341 e. The molecule has 3 aromatic rings. The Morgan fingerprint density at radius 3 is 2.82 bits per heavy atom. The van der Waals surface area contributed by atoms with Gasteiger partial charge in [-0.2, -0.15) is 5.10 Å². The Morgan fingerprint density at radius 2 is 2.11 bits per heavy atom. The van der Waals surface area contributed by atoms with Crippen LogP contribution in [0, 0.1) is 0 Å². The summed E-state index contributed by atoms with van der Waals surface area (Å²) < 4.78 is 6.85. The Balaban J connectivity index is 1.43. The van der Waals surface area contributed by atoms with E-state index in [2.05, 4.69) is 15.7 Å². The van der Waals surface area contributed by atoms with E-state index in [4.69, 9.17) is 17.0 Å². The third-order valence-corrected chi connectivity index (χ3v) is 6.06. The van der Waals surface area contributed by atoms with Crippen LogP contribution in [-0.4, -0.2) is 28.0 Å². The molecule has 2 heterocycles. The number of thiocarbonyl (C=S) groups is 1. The van der Waals surface area contributed by atoms with E-state index in [-0.39, 0.29) is 5.97 Å². The van der Waals surface area contributed by atoms with Crippen molar-refractivity contribution in [2.75, 3.05) is 17.7 Å². The number of aryl methyl sites for hydroxylation is 1. The first-order chi connectivity index (χ1) is 13.6. The lowest BCUT2D eigenvalue weighted by molar-refractivity contribution is 0.0601. The van der Waals surface area contributed by atoms with Gasteiger partial charge in [-0.25, -0.2) is 4.79 Å². The normalized spacial score (nSPS) is 12.5. The summed E-state index contributed by atoms with van der Waals surface area (Å²) in [6.07, 6.45) is 6.70. The number of thiophene rings is 1. The lowest BCUT2D eigenvalue weighted by atomic mass is 10.1.